The first-order chi connectivity index (χ1) is 16.3. The first-order valence-corrected chi connectivity index (χ1v) is 11.4. The second-order valence-electron chi connectivity index (χ2n) is 7.56. The fraction of sp³-hybridized carbons (Fsp3) is 0.304. The number of amides is 1. The third-order valence-corrected chi connectivity index (χ3v) is 6.09. The van der Waals surface area contributed by atoms with Gasteiger partial charge < -0.3 is 24.6 Å². The van der Waals surface area contributed by atoms with Gasteiger partial charge in [-0.15, -0.1) is 24.5 Å². The summed E-state index contributed by atoms with van der Waals surface area (Å²) in [5, 5.41) is 5.38. The summed E-state index contributed by atoms with van der Waals surface area (Å²) in [6.45, 7) is 2.64. The van der Waals surface area contributed by atoms with Gasteiger partial charge in [0, 0.05) is 37.2 Å². The van der Waals surface area contributed by atoms with Crippen LogP contribution in [0.4, 0.5) is 29.7 Å². The Balaban J connectivity index is 1.28. The highest BCUT2D eigenvalue weighted by atomic mass is 32.1. The number of carbonyl (C=O) groups is 1. The van der Waals surface area contributed by atoms with Crippen molar-refractivity contribution in [2.75, 3.05) is 43.5 Å². The highest BCUT2D eigenvalue weighted by Gasteiger charge is 2.31. The molecule has 2 heterocycles. The van der Waals surface area contributed by atoms with Gasteiger partial charge in [0.2, 0.25) is 5.91 Å². The molecular weight excluding hydrogens is 469 g/mol. The maximum atomic E-state index is 12.8. The standard InChI is InChI=1S/C23H23F3N4O3S/c1-32-20-5-3-2-4-19(20)29-10-12-30(13-11-29)21(31)14-17-15-34-22(28-17)27-16-6-8-18(9-7-16)33-23(24,25)26/h2-9,15H,10-14H2,1H3,(H,27,28). The molecule has 1 fully saturated rings. The SMILES string of the molecule is COc1ccccc1N1CCN(C(=O)Cc2csc(Nc3ccc(OC(F)(F)F)cc3)n2)CC1. The Labute approximate surface area is 198 Å². The van der Waals surface area contributed by atoms with Crippen LogP contribution in [0.3, 0.4) is 0 Å². The summed E-state index contributed by atoms with van der Waals surface area (Å²) in [5.41, 5.74) is 2.22. The number of benzene rings is 2. The first-order valence-electron chi connectivity index (χ1n) is 10.5. The number of ether oxygens (including phenoxy) is 2. The molecule has 0 atom stereocenters. The summed E-state index contributed by atoms with van der Waals surface area (Å²) in [4.78, 5) is 21.2. The van der Waals surface area contributed by atoms with E-state index in [2.05, 4.69) is 19.9 Å². The number of nitrogens with zero attached hydrogens (tertiary/aromatic N) is 3. The van der Waals surface area contributed by atoms with Crippen molar-refractivity contribution in [3.8, 4) is 11.5 Å². The molecule has 1 N–H and O–H groups in total. The number of carbonyl (C=O) groups excluding carboxylic acids is 1. The van der Waals surface area contributed by atoms with Gasteiger partial charge in [0.15, 0.2) is 5.13 Å². The van der Waals surface area contributed by atoms with E-state index in [1.54, 1.807) is 12.5 Å². The third kappa shape index (κ3) is 6.10. The van der Waals surface area contributed by atoms with Gasteiger partial charge in [-0.3, -0.25) is 4.79 Å². The Morgan fingerprint density at radius 3 is 2.47 bits per heavy atom. The molecular formula is C23H23F3N4O3S. The van der Waals surface area contributed by atoms with Crippen molar-refractivity contribution in [3.63, 3.8) is 0 Å². The van der Waals surface area contributed by atoms with E-state index in [4.69, 9.17) is 4.74 Å². The molecule has 1 aliphatic rings. The zero-order chi connectivity index (χ0) is 24.1. The first kappa shape index (κ1) is 23.7. The van der Waals surface area contributed by atoms with E-state index in [0.29, 0.717) is 42.7 Å². The number of thiazole rings is 1. The van der Waals surface area contributed by atoms with E-state index in [-0.39, 0.29) is 18.1 Å². The van der Waals surface area contributed by atoms with Crippen LogP contribution in [0.2, 0.25) is 0 Å². The lowest BCUT2D eigenvalue weighted by Gasteiger charge is -2.36. The van der Waals surface area contributed by atoms with Gasteiger partial charge in [-0.2, -0.15) is 0 Å². The number of aromatic nitrogens is 1. The monoisotopic (exact) mass is 492 g/mol. The molecule has 0 aliphatic carbocycles. The van der Waals surface area contributed by atoms with Crippen molar-refractivity contribution in [2.24, 2.45) is 0 Å². The smallest absolute Gasteiger partial charge is 0.495 e. The Bertz CT molecular complexity index is 1110. The maximum Gasteiger partial charge on any atom is 0.573 e. The average molecular weight is 493 g/mol. The molecule has 0 spiro atoms. The minimum absolute atomic E-state index is 0.00480. The molecule has 2 aromatic carbocycles. The number of halogens is 3. The van der Waals surface area contributed by atoms with E-state index < -0.39 is 6.36 Å². The molecule has 180 valence electrons. The fourth-order valence-corrected chi connectivity index (χ4v) is 4.39. The van der Waals surface area contributed by atoms with Crippen molar-refractivity contribution in [2.45, 2.75) is 12.8 Å². The highest BCUT2D eigenvalue weighted by Crippen LogP contribution is 2.29. The predicted octanol–water partition coefficient (Wildman–Crippen LogP) is 4.69. The summed E-state index contributed by atoms with van der Waals surface area (Å²) in [7, 11) is 1.65. The quantitative estimate of drug-likeness (QED) is 0.517. The zero-order valence-corrected chi connectivity index (χ0v) is 19.2. The number of methoxy groups -OCH3 is 1. The number of anilines is 3. The van der Waals surface area contributed by atoms with Gasteiger partial charge in [0.05, 0.1) is 24.9 Å². The lowest BCUT2D eigenvalue weighted by atomic mass is 10.2. The summed E-state index contributed by atoms with van der Waals surface area (Å²) in [6.07, 6.45) is -4.54. The molecule has 1 aromatic heterocycles. The minimum Gasteiger partial charge on any atom is -0.495 e. The van der Waals surface area contributed by atoms with Crippen LogP contribution in [-0.4, -0.2) is 55.4 Å². The molecule has 0 radical (unpaired) electrons. The number of nitrogens with one attached hydrogen (secondary N) is 1. The van der Waals surface area contributed by atoms with Crippen molar-refractivity contribution in [1.29, 1.82) is 0 Å². The van der Waals surface area contributed by atoms with Crippen molar-refractivity contribution >= 4 is 33.8 Å². The van der Waals surface area contributed by atoms with Gasteiger partial charge in [0.25, 0.3) is 0 Å². The summed E-state index contributed by atoms with van der Waals surface area (Å²) < 4.78 is 46.1. The van der Waals surface area contributed by atoms with Gasteiger partial charge >= 0.3 is 6.36 Å². The number of para-hydroxylation sites is 2. The van der Waals surface area contributed by atoms with Gasteiger partial charge in [0.1, 0.15) is 11.5 Å². The molecule has 4 rings (SSSR count). The predicted molar refractivity (Wildman–Crippen MR) is 124 cm³/mol. The Morgan fingerprint density at radius 1 is 1.09 bits per heavy atom. The molecule has 7 nitrogen and oxygen atoms in total. The Hall–Kier alpha value is -3.47. The average Bonchev–Trinajstić information content (AvgIpc) is 3.26. The molecule has 1 saturated heterocycles. The molecule has 0 saturated carbocycles. The van der Waals surface area contributed by atoms with Crippen LogP contribution in [0.1, 0.15) is 5.69 Å². The van der Waals surface area contributed by atoms with Crippen LogP contribution in [0.15, 0.2) is 53.9 Å². The second kappa shape index (κ2) is 10.2. The van der Waals surface area contributed by atoms with Crippen molar-refractivity contribution in [3.05, 3.63) is 59.6 Å². The summed E-state index contributed by atoms with van der Waals surface area (Å²) >= 11 is 1.32. The molecule has 1 amide bonds. The van der Waals surface area contributed by atoms with Crippen LogP contribution >= 0.6 is 11.3 Å². The molecule has 0 unspecified atom stereocenters. The number of hydrogen-bond acceptors (Lipinski definition) is 7. The maximum absolute atomic E-state index is 12.8. The Morgan fingerprint density at radius 2 is 1.79 bits per heavy atom. The van der Waals surface area contributed by atoms with Crippen LogP contribution in [-0.2, 0) is 11.2 Å². The number of piperazine rings is 1. The molecule has 11 heteroatoms. The van der Waals surface area contributed by atoms with Crippen LogP contribution in [0.25, 0.3) is 0 Å². The van der Waals surface area contributed by atoms with E-state index in [0.717, 1.165) is 11.4 Å². The lowest BCUT2D eigenvalue weighted by molar-refractivity contribution is -0.274. The topological polar surface area (TPSA) is 66.9 Å². The largest absolute Gasteiger partial charge is 0.573 e. The van der Waals surface area contributed by atoms with Gasteiger partial charge in [-0.1, -0.05) is 12.1 Å². The summed E-state index contributed by atoms with van der Waals surface area (Å²) in [6, 6.07) is 13.2. The third-order valence-electron chi connectivity index (χ3n) is 5.28. The molecule has 34 heavy (non-hydrogen) atoms. The number of hydrogen-bond donors (Lipinski definition) is 1. The lowest BCUT2D eigenvalue weighted by Crippen LogP contribution is -2.49. The van der Waals surface area contributed by atoms with Crippen LogP contribution < -0.4 is 19.7 Å². The fourth-order valence-electron chi connectivity index (χ4n) is 3.66. The Kier molecular flexibility index (Phi) is 7.11. The number of alkyl halides is 3. The van der Waals surface area contributed by atoms with E-state index >= 15 is 0 Å². The van der Waals surface area contributed by atoms with Crippen LogP contribution in [0.5, 0.6) is 11.5 Å². The highest BCUT2D eigenvalue weighted by molar-refractivity contribution is 7.13. The second-order valence-corrected chi connectivity index (χ2v) is 8.42. The zero-order valence-electron chi connectivity index (χ0n) is 18.3. The number of rotatable bonds is 7. The summed E-state index contributed by atoms with van der Waals surface area (Å²) in [5.74, 6) is 0.520. The van der Waals surface area contributed by atoms with Crippen molar-refractivity contribution in [1.82, 2.24) is 9.88 Å². The van der Waals surface area contributed by atoms with Crippen LogP contribution in [0, 0.1) is 0 Å². The van der Waals surface area contributed by atoms with E-state index in [9.17, 15) is 18.0 Å². The molecule has 1 aliphatic heterocycles. The minimum atomic E-state index is -4.73. The van der Waals surface area contributed by atoms with E-state index in [1.165, 1.54) is 35.6 Å². The normalized spacial score (nSPS) is 14.1. The van der Waals surface area contributed by atoms with Gasteiger partial charge in [-0.25, -0.2) is 4.98 Å². The van der Waals surface area contributed by atoms with Gasteiger partial charge in [-0.05, 0) is 36.4 Å². The molecule has 0 bridgehead atoms. The van der Waals surface area contributed by atoms with E-state index in [1.807, 2.05) is 29.2 Å². The van der Waals surface area contributed by atoms with Crippen molar-refractivity contribution < 1.29 is 27.4 Å². The molecule has 3 aromatic rings.